The Kier molecular flexibility index (Phi) is 6.49. The molecule has 2 amide bonds. The van der Waals surface area contributed by atoms with E-state index in [1.165, 1.54) is 19.8 Å². The number of carbonyl (C=O) groups is 2. The lowest BCUT2D eigenvalue weighted by Gasteiger charge is -2.27. The minimum absolute atomic E-state index is 0.00513. The van der Waals surface area contributed by atoms with Crippen LogP contribution < -0.4 is 15.8 Å². The number of benzene rings is 3. The number of hydrogen-bond donors (Lipinski definition) is 2. The van der Waals surface area contributed by atoms with E-state index in [1.807, 2.05) is 48.3 Å². The largest absolute Gasteiger partial charge is 0.494 e. The molecule has 5 aromatic rings. The topological polar surface area (TPSA) is 107 Å². The lowest BCUT2D eigenvalue weighted by atomic mass is 10.0. The van der Waals surface area contributed by atoms with Crippen LogP contribution in [0.1, 0.15) is 43.0 Å². The van der Waals surface area contributed by atoms with Gasteiger partial charge in [0.25, 0.3) is 5.91 Å². The third-order valence-corrected chi connectivity index (χ3v) is 10.1. The maximum Gasteiger partial charge on any atom is 0.254 e. The normalized spacial score (nSPS) is 20.8. The van der Waals surface area contributed by atoms with Crippen molar-refractivity contribution in [3.63, 3.8) is 0 Å². The van der Waals surface area contributed by atoms with E-state index in [2.05, 4.69) is 38.7 Å². The first-order valence-electron chi connectivity index (χ1n) is 15.9. The standard InChI is InChI=1S/C36H38N6O3/c1-20(43)38-27-11-8-22(9-12-27)23-6-7-24-16-31(41(30(24)15-23)18-21-4-5-21)35-39-28-14-26(17-32(45-3)34(28)40(35)2)36(44)42-19-25-10-13-29(42)33(25)37/h6-9,11-12,14-17,21,25,29,33H,4-5,10,13,18-19,37H2,1-3H3,(H,38,43)/t25?,29?,33-/m1/s1. The molecule has 3 aliphatic rings. The molecule has 1 aliphatic heterocycles. The summed E-state index contributed by atoms with van der Waals surface area (Å²) >= 11 is 0. The molecule has 2 aliphatic carbocycles. The predicted octanol–water partition coefficient (Wildman–Crippen LogP) is 5.80. The van der Waals surface area contributed by atoms with Crippen LogP contribution in [-0.4, -0.2) is 56.6 Å². The average Bonchev–Trinajstić information content (AvgIpc) is 3.44. The van der Waals surface area contributed by atoms with Gasteiger partial charge < -0.3 is 29.8 Å². The van der Waals surface area contributed by atoms with Crippen molar-refractivity contribution in [3.8, 4) is 28.4 Å². The smallest absolute Gasteiger partial charge is 0.254 e. The lowest BCUT2D eigenvalue weighted by molar-refractivity contribution is -0.114. The van der Waals surface area contributed by atoms with Crippen molar-refractivity contribution in [3.05, 3.63) is 66.2 Å². The Bertz CT molecular complexity index is 1990. The fourth-order valence-electron chi connectivity index (χ4n) is 7.59. The highest BCUT2D eigenvalue weighted by Crippen LogP contribution is 2.41. The number of nitrogens with two attached hydrogens (primary N) is 1. The maximum atomic E-state index is 13.7. The van der Waals surface area contributed by atoms with Crippen LogP contribution in [0, 0.1) is 11.8 Å². The van der Waals surface area contributed by atoms with E-state index < -0.39 is 0 Å². The van der Waals surface area contributed by atoms with Gasteiger partial charge in [-0.25, -0.2) is 4.98 Å². The quantitative estimate of drug-likeness (QED) is 0.245. The SMILES string of the molecule is COc1cc(C(=O)N2CC3CCC2[C@@H]3N)cc2nc(-c3cc4ccc(-c5ccc(NC(C)=O)cc5)cc4n3CC3CC3)n(C)c12. The minimum Gasteiger partial charge on any atom is -0.494 e. The fraction of sp³-hybridized carbons (Fsp3) is 0.361. The number of hydrogen-bond acceptors (Lipinski definition) is 5. The van der Waals surface area contributed by atoms with Crippen molar-refractivity contribution in [1.82, 2.24) is 19.0 Å². The molecule has 1 saturated heterocycles. The molecule has 2 bridgehead atoms. The summed E-state index contributed by atoms with van der Waals surface area (Å²) in [7, 11) is 3.67. The van der Waals surface area contributed by atoms with Crippen LogP contribution >= 0.6 is 0 Å². The van der Waals surface area contributed by atoms with E-state index in [-0.39, 0.29) is 23.9 Å². The molecule has 2 unspecified atom stereocenters. The van der Waals surface area contributed by atoms with E-state index in [4.69, 9.17) is 15.5 Å². The average molecular weight is 603 g/mol. The van der Waals surface area contributed by atoms with Crippen LogP contribution in [0.25, 0.3) is 44.6 Å². The summed E-state index contributed by atoms with van der Waals surface area (Å²) in [5.41, 5.74) is 13.8. The van der Waals surface area contributed by atoms with E-state index in [0.29, 0.717) is 23.1 Å². The number of aromatic nitrogens is 3. The maximum absolute atomic E-state index is 13.7. The molecule has 45 heavy (non-hydrogen) atoms. The zero-order chi connectivity index (χ0) is 31.0. The summed E-state index contributed by atoms with van der Waals surface area (Å²) in [4.78, 5) is 32.3. The molecule has 8 rings (SSSR count). The number of likely N-dealkylation sites (tertiary alicyclic amines) is 1. The molecule has 230 valence electrons. The van der Waals surface area contributed by atoms with E-state index in [9.17, 15) is 9.59 Å². The van der Waals surface area contributed by atoms with Crippen LogP contribution in [0.4, 0.5) is 5.69 Å². The van der Waals surface area contributed by atoms with Crippen molar-refractivity contribution < 1.29 is 14.3 Å². The number of piperidine rings is 1. The fourth-order valence-corrected chi connectivity index (χ4v) is 7.59. The van der Waals surface area contributed by atoms with Gasteiger partial charge in [0.15, 0.2) is 5.82 Å². The minimum atomic E-state index is -0.0832. The zero-order valence-corrected chi connectivity index (χ0v) is 25.9. The Morgan fingerprint density at radius 2 is 1.78 bits per heavy atom. The van der Waals surface area contributed by atoms with Crippen LogP contribution in [0.5, 0.6) is 5.75 Å². The Morgan fingerprint density at radius 1 is 1.00 bits per heavy atom. The van der Waals surface area contributed by atoms with Gasteiger partial charge in [-0.15, -0.1) is 0 Å². The molecular formula is C36H38N6O3. The highest BCUT2D eigenvalue weighted by molar-refractivity contribution is 6.01. The van der Waals surface area contributed by atoms with Gasteiger partial charge in [-0.1, -0.05) is 24.3 Å². The van der Waals surface area contributed by atoms with E-state index in [1.54, 1.807) is 7.11 Å². The number of ether oxygens (including phenoxy) is 1. The Hall–Kier alpha value is -4.63. The molecule has 0 spiro atoms. The monoisotopic (exact) mass is 602 g/mol. The number of imidazole rings is 1. The van der Waals surface area contributed by atoms with Crippen LogP contribution in [-0.2, 0) is 18.4 Å². The zero-order valence-electron chi connectivity index (χ0n) is 25.9. The van der Waals surface area contributed by atoms with Gasteiger partial charge in [0.1, 0.15) is 11.3 Å². The highest BCUT2D eigenvalue weighted by Gasteiger charge is 2.47. The van der Waals surface area contributed by atoms with E-state index >= 15 is 0 Å². The molecule has 3 heterocycles. The number of aryl methyl sites for hydroxylation is 1. The number of fused-ring (bicyclic) bond motifs is 4. The first-order valence-corrected chi connectivity index (χ1v) is 15.9. The number of rotatable bonds is 7. The lowest BCUT2D eigenvalue weighted by Crippen LogP contribution is -2.41. The second-order valence-corrected chi connectivity index (χ2v) is 13.1. The molecule has 2 saturated carbocycles. The molecule has 3 fully saturated rings. The van der Waals surface area contributed by atoms with Crippen molar-refractivity contribution in [1.29, 1.82) is 0 Å². The number of methoxy groups -OCH3 is 1. The summed E-state index contributed by atoms with van der Waals surface area (Å²) in [5, 5.41) is 3.99. The summed E-state index contributed by atoms with van der Waals surface area (Å²) in [6.07, 6.45) is 4.53. The van der Waals surface area contributed by atoms with Crippen molar-refractivity contribution in [2.75, 3.05) is 19.0 Å². The molecule has 9 nitrogen and oxygen atoms in total. The number of amides is 2. The molecule has 3 atom stereocenters. The van der Waals surface area contributed by atoms with Gasteiger partial charge in [0.05, 0.1) is 18.3 Å². The van der Waals surface area contributed by atoms with Gasteiger partial charge in [-0.05, 0) is 85.0 Å². The first kappa shape index (κ1) is 27.9. The first-order chi connectivity index (χ1) is 21.8. The van der Waals surface area contributed by atoms with Gasteiger partial charge in [0, 0.05) is 61.3 Å². The van der Waals surface area contributed by atoms with Crippen LogP contribution in [0.3, 0.4) is 0 Å². The molecule has 9 heteroatoms. The highest BCUT2D eigenvalue weighted by atomic mass is 16.5. The van der Waals surface area contributed by atoms with Crippen molar-refractivity contribution in [2.45, 2.75) is 51.2 Å². The third-order valence-electron chi connectivity index (χ3n) is 10.1. The number of carbonyl (C=O) groups excluding carboxylic acids is 2. The second kappa shape index (κ2) is 10.5. The van der Waals surface area contributed by atoms with Gasteiger partial charge in [-0.3, -0.25) is 9.59 Å². The molecular weight excluding hydrogens is 564 g/mol. The predicted molar refractivity (Wildman–Crippen MR) is 176 cm³/mol. The second-order valence-electron chi connectivity index (χ2n) is 13.1. The Balaban J connectivity index is 1.20. The Morgan fingerprint density at radius 3 is 2.44 bits per heavy atom. The third kappa shape index (κ3) is 4.68. The van der Waals surface area contributed by atoms with Gasteiger partial charge in [-0.2, -0.15) is 0 Å². The summed E-state index contributed by atoms with van der Waals surface area (Å²) < 4.78 is 10.4. The van der Waals surface area contributed by atoms with Gasteiger partial charge in [0.2, 0.25) is 5.91 Å². The molecule has 2 aromatic heterocycles. The van der Waals surface area contributed by atoms with Crippen molar-refractivity contribution in [2.24, 2.45) is 24.6 Å². The van der Waals surface area contributed by atoms with Crippen LogP contribution in [0.15, 0.2) is 60.7 Å². The van der Waals surface area contributed by atoms with Crippen molar-refractivity contribution >= 4 is 39.4 Å². The summed E-state index contributed by atoms with van der Waals surface area (Å²) in [6.45, 7) is 3.16. The molecule has 3 aromatic carbocycles. The number of anilines is 1. The summed E-state index contributed by atoms with van der Waals surface area (Å²) in [6, 6.07) is 20.7. The summed E-state index contributed by atoms with van der Waals surface area (Å²) in [5.74, 6) is 2.44. The number of nitrogens with zero attached hydrogens (tertiary/aromatic N) is 4. The number of nitrogens with one attached hydrogen (secondary N) is 1. The molecule has 0 radical (unpaired) electrons. The molecule has 3 N–H and O–H groups in total. The van der Waals surface area contributed by atoms with E-state index in [0.717, 1.165) is 76.2 Å². The van der Waals surface area contributed by atoms with Crippen LogP contribution in [0.2, 0.25) is 0 Å². The van der Waals surface area contributed by atoms with Gasteiger partial charge >= 0.3 is 0 Å². The Labute approximate surface area is 262 Å².